The van der Waals surface area contributed by atoms with E-state index in [1.54, 1.807) is 60.7 Å². The predicted octanol–water partition coefficient (Wildman–Crippen LogP) is -2.95. The Morgan fingerprint density at radius 3 is 1.24 bits per heavy atom. The van der Waals surface area contributed by atoms with Crippen LogP contribution >= 0.6 is 0 Å². The van der Waals surface area contributed by atoms with E-state index in [4.69, 9.17) is 0 Å². The summed E-state index contributed by atoms with van der Waals surface area (Å²) in [5.74, 6) is 0. The summed E-state index contributed by atoms with van der Waals surface area (Å²) in [6.07, 6.45) is 0. The second kappa shape index (κ2) is 11.4. The third-order valence-corrected chi connectivity index (χ3v) is 7.66. The van der Waals surface area contributed by atoms with Crippen molar-refractivity contribution in [3.8, 4) is 11.4 Å². The molecule has 0 unspecified atom stereocenters. The molecule has 6 aromatic rings. The van der Waals surface area contributed by atoms with Crippen LogP contribution in [-0.4, -0.2) is 17.6 Å². The molecule has 172 valence electrons. The van der Waals surface area contributed by atoms with Gasteiger partial charge >= 0.3 is 103 Å². The van der Waals surface area contributed by atoms with E-state index in [1.165, 1.54) is 33.4 Å². The Kier molecular flexibility index (Phi) is 8.83. The predicted molar refractivity (Wildman–Crippen MR) is 131 cm³/mol. The van der Waals surface area contributed by atoms with Crippen molar-refractivity contribution in [3.05, 3.63) is 118 Å². The first-order valence-corrected chi connectivity index (χ1v) is 12.2. The minimum atomic E-state index is -3.82. The van der Waals surface area contributed by atoms with Gasteiger partial charge in [-0.05, 0) is 57.7 Å². The molecule has 0 N–H and O–H groups in total. The molecule has 37 heavy (non-hydrogen) atoms. The Morgan fingerprint density at radius 1 is 0.514 bits per heavy atom. The van der Waals surface area contributed by atoms with Gasteiger partial charge < -0.3 is 19.1 Å². The zero-order valence-corrected chi connectivity index (χ0v) is 27.1. The number of nitrogens with zero attached hydrogens (tertiary/aromatic N) is 4. The molecule has 0 saturated carbocycles. The van der Waals surface area contributed by atoms with Crippen LogP contribution in [-0.2, 0) is 9.84 Å². The molecule has 0 aliphatic carbocycles. The summed E-state index contributed by atoms with van der Waals surface area (Å²) in [6, 6.07) is 26.5. The SMILES string of the molecule is O=c1[n-]c2ccccc2n1-c1ccc(S(=O)(=O)c2ccc(-n3c(=O)[n-]c4ccccc43)cc2)cc1.[K+].[K+]. The molecule has 11 heteroatoms. The maximum absolute atomic E-state index is 13.2. The fourth-order valence-electron chi connectivity index (χ4n) is 4.19. The van der Waals surface area contributed by atoms with Crippen molar-refractivity contribution in [2.45, 2.75) is 9.79 Å². The van der Waals surface area contributed by atoms with Crippen LogP contribution in [0.2, 0.25) is 0 Å². The number of hydrogen-bond donors (Lipinski definition) is 0. The molecule has 0 amide bonds. The van der Waals surface area contributed by atoms with Crippen molar-refractivity contribution in [1.29, 1.82) is 0 Å². The number of para-hydroxylation sites is 4. The molecule has 0 bridgehead atoms. The number of sulfone groups is 1. The van der Waals surface area contributed by atoms with Gasteiger partial charge in [0, 0.05) is 0 Å². The van der Waals surface area contributed by atoms with Gasteiger partial charge in [0.2, 0.25) is 9.84 Å². The van der Waals surface area contributed by atoms with Crippen molar-refractivity contribution in [3.63, 3.8) is 0 Å². The van der Waals surface area contributed by atoms with Crippen LogP contribution < -0.4 is 124 Å². The van der Waals surface area contributed by atoms with E-state index in [0.29, 0.717) is 33.4 Å². The quantitative estimate of drug-likeness (QED) is 0.214. The molecule has 0 fully saturated rings. The van der Waals surface area contributed by atoms with Crippen molar-refractivity contribution in [1.82, 2.24) is 19.1 Å². The van der Waals surface area contributed by atoms with Gasteiger partial charge in [0.25, 0.3) is 0 Å². The fourth-order valence-corrected chi connectivity index (χ4v) is 5.45. The molecule has 6 rings (SSSR count). The second-order valence-corrected chi connectivity index (χ2v) is 9.88. The van der Waals surface area contributed by atoms with Crippen molar-refractivity contribution >= 4 is 31.9 Å². The molecule has 0 atom stereocenters. The monoisotopic (exact) mass is 558 g/mol. The van der Waals surface area contributed by atoms with E-state index in [1.807, 2.05) is 12.1 Å². The van der Waals surface area contributed by atoms with Gasteiger partial charge in [-0.25, -0.2) is 8.42 Å². The first kappa shape index (κ1) is 28.6. The van der Waals surface area contributed by atoms with E-state index in [2.05, 4.69) is 9.97 Å². The zero-order chi connectivity index (χ0) is 24.2. The standard InChI is InChI=1S/C26H18N4O4S.2K/c31-25-27-21-5-1-3-7-23(21)29(25)17-9-13-19(14-10-17)35(33,34)20-15-11-18(12-16-20)30-24-8-4-2-6-22(24)28-26(30)32;;/h1-16H,(H2,27,28,31,32);;/q;2*+1/p-2. The van der Waals surface area contributed by atoms with Crippen molar-refractivity contribution < 1.29 is 111 Å². The van der Waals surface area contributed by atoms with Gasteiger partial charge in [-0.15, -0.1) is 0 Å². The van der Waals surface area contributed by atoms with Gasteiger partial charge in [-0.3, -0.25) is 9.59 Å². The van der Waals surface area contributed by atoms with Crippen LogP contribution in [0.3, 0.4) is 0 Å². The Balaban J connectivity index is 0.00000160. The third kappa shape index (κ3) is 5.15. The Hall–Kier alpha value is -1.36. The molecule has 0 spiro atoms. The van der Waals surface area contributed by atoms with Crippen molar-refractivity contribution in [2.75, 3.05) is 0 Å². The van der Waals surface area contributed by atoms with Gasteiger partial charge in [0.05, 0.1) is 9.79 Å². The molecule has 2 aromatic heterocycles. The number of rotatable bonds is 4. The van der Waals surface area contributed by atoms with Gasteiger partial charge in [0.1, 0.15) is 0 Å². The first-order chi connectivity index (χ1) is 16.9. The summed E-state index contributed by atoms with van der Waals surface area (Å²) < 4.78 is 29.3. The van der Waals surface area contributed by atoms with E-state index < -0.39 is 21.2 Å². The number of benzene rings is 4. The number of hydrogen-bond acceptors (Lipinski definition) is 4. The van der Waals surface area contributed by atoms with Crippen LogP contribution in [0.25, 0.3) is 33.4 Å². The summed E-state index contributed by atoms with van der Waals surface area (Å²) in [6.45, 7) is 0. The smallest absolute Gasteiger partial charge is 0.400 e. The Morgan fingerprint density at radius 2 is 0.865 bits per heavy atom. The van der Waals surface area contributed by atoms with Crippen LogP contribution in [0.4, 0.5) is 0 Å². The Labute approximate surface area is 296 Å². The summed E-state index contributed by atoms with van der Waals surface area (Å²) in [4.78, 5) is 33.0. The molecule has 2 heterocycles. The number of fused-ring (bicyclic) bond motifs is 2. The van der Waals surface area contributed by atoms with Gasteiger partial charge in [-0.1, -0.05) is 72.8 Å². The number of imidazole rings is 2. The topological polar surface area (TPSA) is 106 Å². The molecule has 0 saturated heterocycles. The van der Waals surface area contributed by atoms with Crippen molar-refractivity contribution in [2.24, 2.45) is 0 Å². The van der Waals surface area contributed by atoms with Gasteiger partial charge in [-0.2, -0.15) is 0 Å². The van der Waals surface area contributed by atoms with Crippen LogP contribution in [0, 0.1) is 0 Å². The molecule has 0 aliphatic heterocycles. The van der Waals surface area contributed by atoms with Crippen LogP contribution in [0.15, 0.2) is 116 Å². The number of aromatic nitrogens is 4. The minimum Gasteiger partial charge on any atom is -0.400 e. The van der Waals surface area contributed by atoms with Crippen LogP contribution in [0.1, 0.15) is 0 Å². The molecule has 4 aromatic carbocycles. The first-order valence-electron chi connectivity index (χ1n) is 10.7. The zero-order valence-electron chi connectivity index (χ0n) is 20.1. The fraction of sp³-hybridized carbons (Fsp3) is 0. The van der Waals surface area contributed by atoms with Crippen LogP contribution in [0.5, 0.6) is 0 Å². The average Bonchev–Trinajstić information content (AvgIpc) is 3.39. The Bertz CT molecular complexity index is 1820. The maximum Gasteiger partial charge on any atom is 1.00 e. The van der Waals surface area contributed by atoms with E-state index in [-0.39, 0.29) is 113 Å². The largest absolute Gasteiger partial charge is 1.00 e. The summed E-state index contributed by atoms with van der Waals surface area (Å²) in [5, 5.41) is 0. The molecule has 0 aliphatic rings. The summed E-state index contributed by atoms with van der Waals surface area (Å²) in [7, 11) is -3.82. The average molecular weight is 559 g/mol. The maximum atomic E-state index is 13.2. The third-order valence-electron chi connectivity index (χ3n) is 5.87. The molecular weight excluding hydrogens is 543 g/mol. The summed E-state index contributed by atoms with van der Waals surface area (Å²) in [5.41, 5.74) is 2.62. The minimum absolute atomic E-state index is 0. The van der Waals surface area contributed by atoms with E-state index >= 15 is 0 Å². The normalized spacial score (nSPS) is 11.2. The van der Waals surface area contributed by atoms with E-state index in [0.717, 1.165) is 0 Å². The van der Waals surface area contributed by atoms with Gasteiger partial charge in [0.15, 0.2) is 11.4 Å². The molecule has 0 radical (unpaired) electrons. The second-order valence-electron chi connectivity index (χ2n) is 7.93. The van der Waals surface area contributed by atoms with E-state index in [9.17, 15) is 18.0 Å². The summed E-state index contributed by atoms with van der Waals surface area (Å²) >= 11 is 0. The molecule has 8 nitrogen and oxygen atoms in total. The molecular formula is C26H16K2N4O4S.